The minimum absolute atomic E-state index is 0.540. The number of fused-ring (bicyclic) bond motifs is 1. The van der Waals surface area contributed by atoms with Crippen LogP contribution >= 0.6 is 0 Å². The molecule has 1 aliphatic rings. The maximum absolute atomic E-state index is 5.66. The Kier molecular flexibility index (Phi) is 2.67. The van der Waals surface area contributed by atoms with E-state index in [1.54, 1.807) is 0 Å². The van der Waals surface area contributed by atoms with Crippen LogP contribution in [-0.4, -0.2) is 27.9 Å². The zero-order valence-corrected chi connectivity index (χ0v) is 8.44. The molecule has 0 saturated heterocycles. The average molecular weight is 196 g/mol. The Balaban J connectivity index is 2.19. The molecule has 2 N–H and O–H groups in total. The number of hydrogen-bond acceptors (Lipinski definition) is 4. The van der Waals surface area contributed by atoms with Gasteiger partial charge in [-0.05, 0) is 25.8 Å². The van der Waals surface area contributed by atoms with E-state index in [1.807, 2.05) is 11.5 Å². The Labute approximate surface area is 83.3 Å². The standard InChI is InChI=1S/C9H16N4O/c1-2-14-9-12-11-8-4-3-7(5-10)6-13(8)9/h7H,2-6,10H2,1H3. The van der Waals surface area contributed by atoms with Gasteiger partial charge in [-0.2, -0.15) is 0 Å². The van der Waals surface area contributed by atoms with E-state index in [9.17, 15) is 0 Å². The second-order valence-corrected chi connectivity index (χ2v) is 3.58. The van der Waals surface area contributed by atoms with Crippen molar-refractivity contribution >= 4 is 0 Å². The molecular weight excluding hydrogens is 180 g/mol. The molecule has 1 unspecified atom stereocenters. The second-order valence-electron chi connectivity index (χ2n) is 3.58. The van der Waals surface area contributed by atoms with Crippen LogP contribution in [0.5, 0.6) is 6.01 Å². The first-order valence-corrected chi connectivity index (χ1v) is 5.10. The molecule has 1 aromatic heterocycles. The van der Waals surface area contributed by atoms with Crippen LogP contribution in [0.4, 0.5) is 0 Å². The number of ether oxygens (including phenoxy) is 1. The van der Waals surface area contributed by atoms with Gasteiger partial charge in [0.25, 0.3) is 0 Å². The van der Waals surface area contributed by atoms with E-state index in [1.165, 1.54) is 0 Å². The first kappa shape index (κ1) is 9.45. The van der Waals surface area contributed by atoms with Gasteiger partial charge in [0.1, 0.15) is 5.82 Å². The molecule has 5 heteroatoms. The maximum Gasteiger partial charge on any atom is 0.316 e. The van der Waals surface area contributed by atoms with Crippen molar-refractivity contribution in [2.45, 2.75) is 26.3 Å². The molecule has 14 heavy (non-hydrogen) atoms. The van der Waals surface area contributed by atoms with Gasteiger partial charge in [0.15, 0.2) is 0 Å². The monoisotopic (exact) mass is 196 g/mol. The summed E-state index contributed by atoms with van der Waals surface area (Å²) in [6.07, 6.45) is 2.07. The predicted molar refractivity (Wildman–Crippen MR) is 52.1 cm³/mol. The van der Waals surface area contributed by atoms with Gasteiger partial charge in [0.2, 0.25) is 0 Å². The molecule has 2 rings (SSSR count). The van der Waals surface area contributed by atoms with Crippen molar-refractivity contribution in [3.8, 4) is 6.01 Å². The summed E-state index contributed by atoms with van der Waals surface area (Å²) < 4.78 is 7.43. The lowest BCUT2D eigenvalue weighted by molar-refractivity contribution is 0.272. The fourth-order valence-corrected chi connectivity index (χ4v) is 1.80. The molecule has 1 aromatic rings. The number of nitrogens with two attached hydrogens (primary N) is 1. The molecule has 0 aliphatic carbocycles. The van der Waals surface area contributed by atoms with Crippen molar-refractivity contribution < 1.29 is 4.74 Å². The minimum Gasteiger partial charge on any atom is -0.464 e. The summed E-state index contributed by atoms with van der Waals surface area (Å²) in [6, 6.07) is 0.639. The number of hydrogen-bond donors (Lipinski definition) is 1. The van der Waals surface area contributed by atoms with Crippen LogP contribution in [0.15, 0.2) is 0 Å². The van der Waals surface area contributed by atoms with Crippen LogP contribution in [0.1, 0.15) is 19.2 Å². The normalized spacial score (nSPS) is 20.6. The number of aromatic nitrogens is 3. The summed E-state index contributed by atoms with van der Waals surface area (Å²) in [5.74, 6) is 1.57. The Morgan fingerprint density at radius 1 is 1.57 bits per heavy atom. The van der Waals surface area contributed by atoms with Crippen molar-refractivity contribution in [1.82, 2.24) is 14.8 Å². The number of rotatable bonds is 3. The molecule has 0 aromatic carbocycles. The summed E-state index contributed by atoms with van der Waals surface area (Å²) in [5, 5.41) is 8.10. The van der Waals surface area contributed by atoms with Crippen LogP contribution in [0.2, 0.25) is 0 Å². The third-order valence-electron chi connectivity index (χ3n) is 2.62. The van der Waals surface area contributed by atoms with Gasteiger partial charge >= 0.3 is 6.01 Å². The molecule has 0 amide bonds. The van der Waals surface area contributed by atoms with E-state index >= 15 is 0 Å². The van der Waals surface area contributed by atoms with Gasteiger partial charge in [0, 0.05) is 13.0 Å². The molecule has 0 fully saturated rings. The van der Waals surface area contributed by atoms with Crippen molar-refractivity contribution in [3.05, 3.63) is 5.82 Å². The first-order valence-electron chi connectivity index (χ1n) is 5.10. The quantitative estimate of drug-likeness (QED) is 0.750. The average Bonchev–Trinajstić information content (AvgIpc) is 2.61. The lowest BCUT2D eigenvalue weighted by Gasteiger charge is -2.22. The summed E-state index contributed by atoms with van der Waals surface area (Å²) in [7, 11) is 0. The minimum atomic E-state index is 0.540. The lowest BCUT2D eigenvalue weighted by atomic mass is 10.00. The molecule has 2 heterocycles. The van der Waals surface area contributed by atoms with Crippen LogP contribution < -0.4 is 10.5 Å². The van der Waals surface area contributed by atoms with Gasteiger partial charge in [-0.1, -0.05) is 5.10 Å². The molecule has 1 atom stereocenters. The third-order valence-corrected chi connectivity index (χ3v) is 2.62. The van der Waals surface area contributed by atoms with Crippen molar-refractivity contribution in [3.63, 3.8) is 0 Å². The second kappa shape index (κ2) is 3.96. The highest BCUT2D eigenvalue weighted by Gasteiger charge is 2.22. The van der Waals surface area contributed by atoms with Crippen molar-refractivity contribution in [2.24, 2.45) is 11.7 Å². The van der Waals surface area contributed by atoms with Gasteiger partial charge < -0.3 is 10.5 Å². The van der Waals surface area contributed by atoms with E-state index in [-0.39, 0.29) is 0 Å². The van der Waals surface area contributed by atoms with Crippen molar-refractivity contribution in [2.75, 3.05) is 13.2 Å². The maximum atomic E-state index is 5.66. The molecular formula is C9H16N4O. The summed E-state index contributed by atoms with van der Waals surface area (Å²) in [6.45, 7) is 4.20. The molecule has 1 aliphatic heterocycles. The van der Waals surface area contributed by atoms with E-state index < -0.39 is 0 Å². The van der Waals surface area contributed by atoms with Crippen molar-refractivity contribution in [1.29, 1.82) is 0 Å². The third kappa shape index (κ3) is 1.59. The predicted octanol–water partition coefficient (Wildman–Crippen LogP) is 0.198. The highest BCUT2D eigenvalue weighted by molar-refractivity contribution is 5.04. The molecule has 0 spiro atoms. The van der Waals surface area contributed by atoms with E-state index in [2.05, 4.69) is 10.2 Å². The SMILES string of the molecule is CCOc1nnc2n1CC(CN)CC2. The molecule has 78 valence electrons. The number of nitrogens with zero attached hydrogens (tertiary/aromatic N) is 3. The Hall–Kier alpha value is -1.10. The summed E-state index contributed by atoms with van der Waals surface area (Å²) in [5.41, 5.74) is 5.66. The summed E-state index contributed by atoms with van der Waals surface area (Å²) >= 11 is 0. The Morgan fingerprint density at radius 2 is 2.43 bits per heavy atom. The van der Waals surface area contributed by atoms with Gasteiger partial charge in [0.05, 0.1) is 6.61 Å². The van der Waals surface area contributed by atoms with Gasteiger partial charge in [-0.3, -0.25) is 4.57 Å². The molecule has 0 saturated carbocycles. The molecule has 0 bridgehead atoms. The fraction of sp³-hybridized carbons (Fsp3) is 0.778. The fourth-order valence-electron chi connectivity index (χ4n) is 1.80. The Bertz CT molecular complexity index is 310. The van der Waals surface area contributed by atoms with E-state index in [0.717, 1.165) is 31.8 Å². The van der Waals surface area contributed by atoms with Crippen LogP contribution in [0.3, 0.4) is 0 Å². The van der Waals surface area contributed by atoms with Gasteiger partial charge in [-0.15, -0.1) is 5.10 Å². The summed E-state index contributed by atoms with van der Waals surface area (Å²) in [4.78, 5) is 0. The number of aryl methyl sites for hydroxylation is 1. The Morgan fingerprint density at radius 3 is 3.14 bits per heavy atom. The first-order chi connectivity index (χ1) is 6.85. The lowest BCUT2D eigenvalue weighted by Crippen LogP contribution is -2.26. The van der Waals surface area contributed by atoms with E-state index in [4.69, 9.17) is 10.5 Å². The molecule has 0 radical (unpaired) electrons. The van der Waals surface area contributed by atoms with Crippen LogP contribution in [0.25, 0.3) is 0 Å². The van der Waals surface area contributed by atoms with Crippen LogP contribution in [-0.2, 0) is 13.0 Å². The van der Waals surface area contributed by atoms with Crippen LogP contribution in [0, 0.1) is 5.92 Å². The molecule has 5 nitrogen and oxygen atoms in total. The smallest absolute Gasteiger partial charge is 0.316 e. The topological polar surface area (TPSA) is 66.0 Å². The van der Waals surface area contributed by atoms with Gasteiger partial charge in [-0.25, -0.2) is 0 Å². The van der Waals surface area contributed by atoms with E-state index in [0.29, 0.717) is 18.5 Å². The zero-order valence-electron chi connectivity index (χ0n) is 8.44. The largest absolute Gasteiger partial charge is 0.464 e. The highest BCUT2D eigenvalue weighted by Crippen LogP contribution is 2.22. The highest BCUT2D eigenvalue weighted by atomic mass is 16.5. The zero-order chi connectivity index (χ0) is 9.97.